The fourth-order valence-electron chi connectivity index (χ4n) is 1.62. The first-order chi connectivity index (χ1) is 9.47. The quantitative estimate of drug-likeness (QED) is 0.503. The minimum absolute atomic E-state index is 0.278. The third kappa shape index (κ3) is 2.86. The lowest BCUT2D eigenvalue weighted by Gasteiger charge is -2.07. The number of rotatable bonds is 3. The molecule has 0 bridgehead atoms. The van der Waals surface area contributed by atoms with E-state index in [2.05, 4.69) is 5.32 Å². The number of aromatic carboxylic acids is 1. The Morgan fingerprint density at radius 2 is 1.70 bits per heavy atom. The fourth-order valence-corrected chi connectivity index (χ4v) is 1.62. The number of nitrogens with two attached hydrogens (primary N) is 1. The van der Waals surface area contributed by atoms with Gasteiger partial charge in [-0.2, -0.15) is 0 Å². The molecule has 2 aromatic carbocycles. The molecule has 0 aliphatic heterocycles. The highest BCUT2D eigenvalue weighted by atomic mass is 16.4. The lowest BCUT2D eigenvalue weighted by molar-refractivity contribution is 0.0693. The number of hydrogen-bond acceptors (Lipinski definition) is 4. The molecular weight excluding hydrogens is 260 g/mol. The summed E-state index contributed by atoms with van der Waals surface area (Å²) >= 11 is 0. The SMILES string of the molecule is Nc1ccc(C(=O)Nc2ccc(O)c(C(=O)O)c2)cc1. The molecule has 0 fully saturated rings. The predicted molar refractivity (Wildman–Crippen MR) is 73.9 cm³/mol. The lowest BCUT2D eigenvalue weighted by atomic mass is 10.1. The predicted octanol–water partition coefficient (Wildman–Crippen LogP) is 1.92. The van der Waals surface area contributed by atoms with Crippen molar-refractivity contribution in [3.8, 4) is 5.75 Å². The largest absolute Gasteiger partial charge is 0.507 e. The van der Waals surface area contributed by atoms with Crippen LogP contribution in [0.15, 0.2) is 42.5 Å². The highest BCUT2D eigenvalue weighted by molar-refractivity contribution is 6.05. The van der Waals surface area contributed by atoms with Crippen molar-refractivity contribution in [2.75, 3.05) is 11.1 Å². The number of carbonyl (C=O) groups is 2. The summed E-state index contributed by atoms with van der Waals surface area (Å²) in [6.45, 7) is 0. The molecule has 0 aliphatic carbocycles. The van der Waals surface area contributed by atoms with Crippen LogP contribution in [0.3, 0.4) is 0 Å². The molecule has 0 saturated heterocycles. The number of aromatic hydroxyl groups is 1. The zero-order valence-corrected chi connectivity index (χ0v) is 10.3. The molecule has 6 heteroatoms. The van der Waals surface area contributed by atoms with Gasteiger partial charge in [0.15, 0.2) is 0 Å². The molecule has 0 aliphatic rings. The fraction of sp³-hybridized carbons (Fsp3) is 0. The van der Waals surface area contributed by atoms with Crippen molar-refractivity contribution in [2.45, 2.75) is 0 Å². The molecular formula is C14H12N2O4. The summed E-state index contributed by atoms with van der Waals surface area (Å²) in [6, 6.07) is 10.1. The van der Waals surface area contributed by atoms with Crippen LogP contribution in [0.25, 0.3) is 0 Å². The Morgan fingerprint density at radius 3 is 2.30 bits per heavy atom. The van der Waals surface area contributed by atoms with Gasteiger partial charge >= 0.3 is 5.97 Å². The van der Waals surface area contributed by atoms with Gasteiger partial charge in [0.25, 0.3) is 5.91 Å². The number of anilines is 2. The number of carbonyl (C=O) groups excluding carboxylic acids is 1. The Morgan fingerprint density at radius 1 is 1.05 bits per heavy atom. The van der Waals surface area contributed by atoms with Crippen LogP contribution in [0.1, 0.15) is 20.7 Å². The number of phenols is 1. The number of carboxylic acid groups (broad SMARTS) is 1. The zero-order chi connectivity index (χ0) is 14.7. The third-order valence-electron chi connectivity index (χ3n) is 2.66. The smallest absolute Gasteiger partial charge is 0.339 e. The molecule has 5 N–H and O–H groups in total. The summed E-state index contributed by atoms with van der Waals surface area (Å²) in [5.41, 5.74) is 6.46. The molecule has 2 aromatic rings. The van der Waals surface area contributed by atoms with E-state index in [1.807, 2.05) is 0 Å². The molecule has 102 valence electrons. The van der Waals surface area contributed by atoms with Gasteiger partial charge < -0.3 is 21.3 Å². The molecule has 0 heterocycles. The molecule has 20 heavy (non-hydrogen) atoms. The van der Waals surface area contributed by atoms with E-state index in [9.17, 15) is 14.7 Å². The molecule has 1 amide bonds. The van der Waals surface area contributed by atoms with Gasteiger partial charge in [-0.1, -0.05) is 0 Å². The van der Waals surface area contributed by atoms with Crippen molar-refractivity contribution in [2.24, 2.45) is 0 Å². The van der Waals surface area contributed by atoms with Gasteiger partial charge in [-0.05, 0) is 42.5 Å². The molecule has 0 unspecified atom stereocenters. The van der Waals surface area contributed by atoms with Crippen LogP contribution in [0, 0.1) is 0 Å². The molecule has 0 spiro atoms. The summed E-state index contributed by atoms with van der Waals surface area (Å²) in [5, 5.41) is 20.8. The summed E-state index contributed by atoms with van der Waals surface area (Å²) in [7, 11) is 0. The number of nitrogen functional groups attached to an aromatic ring is 1. The van der Waals surface area contributed by atoms with Crippen molar-refractivity contribution >= 4 is 23.3 Å². The second kappa shape index (κ2) is 5.31. The van der Waals surface area contributed by atoms with Crippen LogP contribution >= 0.6 is 0 Å². The van der Waals surface area contributed by atoms with E-state index in [4.69, 9.17) is 10.8 Å². The molecule has 0 aromatic heterocycles. The van der Waals surface area contributed by atoms with Gasteiger partial charge in [-0.3, -0.25) is 4.79 Å². The standard InChI is InChI=1S/C14H12N2O4/c15-9-3-1-8(2-4-9)13(18)16-10-5-6-12(17)11(7-10)14(19)20/h1-7,17H,15H2,(H,16,18)(H,19,20). The number of hydrogen-bond donors (Lipinski definition) is 4. The Balaban J connectivity index is 2.21. The molecule has 6 nitrogen and oxygen atoms in total. The Labute approximate surface area is 114 Å². The van der Waals surface area contributed by atoms with E-state index in [-0.39, 0.29) is 17.0 Å². The van der Waals surface area contributed by atoms with Gasteiger partial charge in [0.1, 0.15) is 11.3 Å². The van der Waals surface area contributed by atoms with Crippen LogP contribution in [0.4, 0.5) is 11.4 Å². The number of benzene rings is 2. The maximum atomic E-state index is 11.9. The lowest BCUT2D eigenvalue weighted by Crippen LogP contribution is -2.12. The van der Waals surface area contributed by atoms with Gasteiger partial charge in [0.05, 0.1) is 0 Å². The van der Waals surface area contributed by atoms with E-state index < -0.39 is 11.9 Å². The summed E-state index contributed by atoms with van der Waals surface area (Å²) in [5.74, 6) is -2.03. The summed E-state index contributed by atoms with van der Waals surface area (Å²) in [6.07, 6.45) is 0. The van der Waals surface area contributed by atoms with E-state index in [1.54, 1.807) is 24.3 Å². The van der Waals surface area contributed by atoms with Crippen molar-refractivity contribution in [3.05, 3.63) is 53.6 Å². The molecule has 0 atom stereocenters. The maximum absolute atomic E-state index is 11.9. The van der Waals surface area contributed by atoms with Crippen LogP contribution in [0.5, 0.6) is 5.75 Å². The van der Waals surface area contributed by atoms with E-state index >= 15 is 0 Å². The van der Waals surface area contributed by atoms with Crippen molar-refractivity contribution in [1.82, 2.24) is 0 Å². The summed E-state index contributed by atoms with van der Waals surface area (Å²) < 4.78 is 0. The van der Waals surface area contributed by atoms with Gasteiger partial charge in [-0.15, -0.1) is 0 Å². The monoisotopic (exact) mass is 272 g/mol. The number of nitrogens with one attached hydrogen (secondary N) is 1. The van der Waals surface area contributed by atoms with Crippen molar-refractivity contribution in [3.63, 3.8) is 0 Å². The van der Waals surface area contributed by atoms with E-state index in [0.717, 1.165) is 0 Å². The number of amides is 1. The first kappa shape index (κ1) is 13.4. The zero-order valence-electron chi connectivity index (χ0n) is 10.3. The summed E-state index contributed by atoms with van der Waals surface area (Å²) in [4.78, 5) is 22.8. The first-order valence-electron chi connectivity index (χ1n) is 5.70. The number of carboxylic acids is 1. The maximum Gasteiger partial charge on any atom is 0.339 e. The van der Waals surface area contributed by atoms with Gasteiger partial charge in [-0.25, -0.2) is 4.79 Å². The normalized spacial score (nSPS) is 10.0. The third-order valence-corrected chi connectivity index (χ3v) is 2.66. The van der Waals surface area contributed by atoms with Crippen LogP contribution in [0.2, 0.25) is 0 Å². The minimum atomic E-state index is -1.27. The second-order valence-electron chi connectivity index (χ2n) is 4.11. The van der Waals surface area contributed by atoms with Gasteiger partial charge in [0, 0.05) is 16.9 Å². The molecule has 0 radical (unpaired) electrons. The minimum Gasteiger partial charge on any atom is -0.507 e. The first-order valence-corrected chi connectivity index (χ1v) is 5.70. The van der Waals surface area contributed by atoms with Crippen molar-refractivity contribution in [1.29, 1.82) is 0 Å². The Bertz CT molecular complexity index is 665. The Hall–Kier alpha value is -3.02. The second-order valence-corrected chi connectivity index (χ2v) is 4.11. The van der Waals surface area contributed by atoms with Crippen LogP contribution in [-0.4, -0.2) is 22.1 Å². The van der Waals surface area contributed by atoms with E-state index in [1.165, 1.54) is 18.2 Å². The van der Waals surface area contributed by atoms with Crippen LogP contribution in [-0.2, 0) is 0 Å². The Kier molecular flexibility index (Phi) is 3.56. The topological polar surface area (TPSA) is 113 Å². The molecule has 0 saturated carbocycles. The molecule has 2 rings (SSSR count). The highest BCUT2D eigenvalue weighted by Crippen LogP contribution is 2.22. The average molecular weight is 272 g/mol. The average Bonchev–Trinajstić information content (AvgIpc) is 2.41. The van der Waals surface area contributed by atoms with Crippen LogP contribution < -0.4 is 11.1 Å². The highest BCUT2D eigenvalue weighted by Gasteiger charge is 2.12. The van der Waals surface area contributed by atoms with Gasteiger partial charge in [0.2, 0.25) is 0 Å². The van der Waals surface area contributed by atoms with Crippen molar-refractivity contribution < 1.29 is 19.8 Å². The van der Waals surface area contributed by atoms with E-state index in [0.29, 0.717) is 11.3 Å².